The highest BCUT2D eigenvalue weighted by molar-refractivity contribution is 8.04. The lowest BCUT2D eigenvalue weighted by Gasteiger charge is -2.30. The van der Waals surface area contributed by atoms with E-state index in [4.69, 9.17) is 23.2 Å². The first-order chi connectivity index (χ1) is 5.18. The van der Waals surface area contributed by atoms with Crippen LogP contribution in [0, 0.1) is 5.92 Å². The van der Waals surface area contributed by atoms with Gasteiger partial charge in [0, 0.05) is 11.2 Å². The van der Waals surface area contributed by atoms with Crippen LogP contribution in [0.4, 0.5) is 0 Å². The predicted molar refractivity (Wildman–Crippen MR) is 52.3 cm³/mol. The molecule has 0 nitrogen and oxygen atoms in total. The van der Waals surface area contributed by atoms with E-state index >= 15 is 0 Å². The summed E-state index contributed by atoms with van der Waals surface area (Å²) in [6.07, 6.45) is 8.09. The third-order valence-electron chi connectivity index (χ3n) is 2.30. The second-order valence-electron chi connectivity index (χ2n) is 3.14. The van der Waals surface area contributed by atoms with Crippen molar-refractivity contribution in [2.45, 2.75) is 28.2 Å². The van der Waals surface area contributed by atoms with Crippen LogP contribution in [0.1, 0.15) is 19.3 Å². The number of rotatable bonds is 0. The van der Waals surface area contributed by atoms with Crippen molar-refractivity contribution < 1.29 is 0 Å². The van der Waals surface area contributed by atoms with Crippen LogP contribution in [0.2, 0.25) is 0 Å². The molecule has 2 bridgehead atoms. The van der Waals surface area contributed by atoms with E-state index in [1.54, 1.807) is 11.8 Å². The van der Waals surface area contributed by atoms with Gasteiger partial charge in [-0.2, -0.15) is 0 Å². The lowest BCUT2D eigenvalue weighted by molar-refractivity contribution is 0.591. The van der Waals surface area contributed by atoms with E-state index < -0.39 is 3.67 Å². The normalized spacial score (nSPS) is 40.5. The maximum absolute atomic E-state index is 6.15. The molecule has 11 heavy (non-hydrogen) atoms. The Labute approximate surface area is 81.3 Å². The molecule has 0 aromatic rings. The van der Waals surface area contributed by atoms with Gasteiger partial charge < -0.3 is 0 Å². The molecule has 0 radical (unpaired) electrons. The van der Waals surface area contributed by atoms with E-state index in [9.17, 15) is 0 Å². The molecular weight excluding hydrogens is 199 g/mol. The van der Waals surface area contributed by atoms with Gasteiger partial charge in [0.05, 0.1) is 0 Å². The molecule has 2 aliphatic heterocycles. The van der Waals surface area contributed by atoms with Crippen molar-refractivity contribution in [3.8, 4) is 0 Å². The molecule has 0 aromatic heterocycles. The van der Waals surface area contributed by atoms with Crippen LogP contribution in [-0.2, 0) is 0 Å². The Morgan fingerprint density at radius 3 is 2.82 bits per heavy atom. The third kappa shape index (κ3) is 1.56. The quantitative estimate of drug-likeness (QED) is 0.434. The SMILES string of the molecule is ClC1(Cl)SC2C=CC1CCC2. The molecule has 0 spiro atoms. The van der Waals surface area contributed by atoms with Crippen LogP contribution >= 0.6 is 35.0 Å². The van der Waals surface area contributed by atoms with E-state index in [1.807, 2.05) is 0 Å². The van der Waals surface area contributed by atoms with Crippen LogP contribution in [0.25, 0.3) is 0 Å². The number of thioether (sulfide) groups is 1. The van der Waals surface area contributed by atoms with Gasteiger partial charge in [-0.1, -0.05) is 41.8 Å². The summed E-state index contributed by atoms with van der Waals surface area (Å²) < 4.78 is -0.546. The van der Waals surface area contributed by atoms with Gasteiger partial charge in [-0.25, -0.2) is 0 Å². The average Bonchev–Trinajstić information content (AvgIpc) is 2.17. The molecular formula is C8H10Cl2S. The summed E-state index contributed by atoms with van der Waals surface area (Å²) >= 11 is 14.0. The first-order valence-corrected chi connectivity index (χ1v) is 5.56. The van der Waals surface area contributed by atoms with Crippen LogP contribution in [0.15, 0.2) is 12.2 Å². The molecule has 0 saturated carbocycles. The molecule has 1 saturated heterocycles. The van der Waals surface area contributed by atoms with Crippen molar-refractivity contribution in [2.24, 2.45) is 5.92 Å². The molecule has 3 rings (SSSR count). The summed E-state index contributed by atoms with van der Waals surface area (Å²) in [6.45, 7) is 0. The van der Waals surface area contributed by atoms with Crippen molar-refractivity contribution >= 4 is 35.0 Å². The minimum Gasteiger partial charge on any atom is -0.115 e. The largest absolute Gasteiger partial charge is 0.170 e. The summed E-state index contributed by atoms with van der Waals surface area (Å²) in [5.74, 6) is 0.370. The van der Waals surface area contributed by atoms with Crippen LogP contribution in [0.5, 0.6) is 0 Å². The number of hydrogen-bond acceptors (Lipinski definition) is 1. The van der Waals surface area contributed by atoms with Crippen molar-refractivity contribution in [1.82, 2.24) is 0 Å². The zero-order valence-corrected chi connectivity index (χ0v) is 8.42. The van der Waals surface area contributed by atoms with E-state index in [0.717, 1.165) is 6.42 Å². The molecule has 0 amide bonds. The van der Waals surface area contributed by atoms with E-state index in [2.05, 4.69) is 12.2 Å². The zero-order valence-electron chi connectivity index (χ0n) is 6.09. The third-order valence-corrected chi connectivity index (χ3v) is 4.71. The minimum absolute atomic E-state index is 0.370. The Hall–Kier alpha value is 0.670. The second kappa shape index (κ2) is 2.86. The van der Waals surface area contributed by atoms with Gasteiger partial charge in [-0.3, -0.25) is 0 Å². The monoisotopic (exact) mass is 208 g/mol. The number of fused-ring (bicyclic) bond motifs is 3. The van der Waals surface area contributed by atoms with Crippen molar-refractivity contribution in [3.05, 3.63) is 12.2 Å². The van der Waals surface area contributed by atoms with Crippen LogP contribution < -0.4 is 0 Å². The minimum atomic E-state index is -0.546. The van der Waals surface area contributed by atoms with E-state index in [-0.39, 0.29) is 0 Å². The summed E-state index contributed by atoms with van der Waals surface area (Å²) in [7, 11) is 0. The highest BCUT2D eigenvalue weighted by Crippen LogP contribution is 2.52. The molecule has 2 heterocycles. The van der Waals surface area contributed by atoms with Gasteiger partial charge in [-0.15, -0.1) is 11.8 Å². The van der Waals surface area contributed by atoms with Gasteiger partial charge >= 0.3 is 0 Å². The number of allylic oxidation sites excluding steroid dienone is 1. The van der Waals surface area contributed by atoms with E-state index in [0.29, 0.717) is 11.2 Å². The first kappa shape index (κ1) is 8.28. The second-order valence-corrected chi connectivity index (χ2v) is 6.46. The van der Waals surface area contributed by atoms with Gasteiger partial charge in [0.2, 0.25) is 0 Å². The van der Waals surface area contributed by atoms with Gasteiger partial charge in [0.15, 0.2) is 3.67 Å². The summed E-state index contributed by atoms with van der Waals surface area (Å²) in [4.78, 5) is 0. The zero-order chi connectivity index (χ0) is 7.90. The lowest BCUT2D eigenvalue weighted by Crippen LogP contribution is -2.23. The highest BCUT2D eigenvalue weighted by Gasteiger charge is 2.40. The lowest BCUT2D eigenvalue weighted by atomic mass is 10.1. The standard InChI is InChI=1S/C8H10Cl2S/c9-8(10)6-2-1-3-7(11-8)5-4-6/h4-7H,1-3H2. The Kier molecular flexibility index (Phi) is 2.15. The molecule has 0 N–H and O–H groups in total. The fourth-order valence-corrected chi connectivity index (χ4v) is 3.94. The molecule has 1 aliphatic carbocycles. The fraction of sp³-hybridized carbons (Fsp3) is 0.750. The maximum Gasteiger partial charge on any atom is 0.170 e. The van der Waals surface area contributed by atoms with E-state index in [1.165, 1.54) is 12.8 Å². The number of hydrogen-bond donors (Lipinski definition) is 0. The number of halogens is 2. The summed E-state index contributed by atoms with van der Waals surface area (Å²) in [5, 5.41) is 0.559. The summed E-state index contributed by atoms with van der Waals surface area (Å²) in [6, 6.07) is 0. The molecule has 0 aromatic carbocycles. The molecule has 3 aliphatic rings. The Morgan fingerprint density at radius 1 is 1.27 bits per heavy atom. The van der Waals surface area contributed by atoms with Crippen molar-refractivity contribution in [2.75, 3.05) is 0 Å². The number of alkyl halides is 2. The van der Waals surface area contributed by atoms with Gasteiger partial charge in [0.25, 0.3) is 0 Å². The van der Waals surface area contributed by atoms with Crippen molar-refractivity contribution in [3.63, 3.8) is 0 Å². The Morgan fingerprint density at radius 2 is 2.09 bits per heavy atom. The molecule has 2 atom stereocenters. The van der Waals surface area contributed by atoms with Gasteiger partial charge in [-0.05, 0) is 12.8 Å². The average molecular weight is 209 g/mol. The smallest absolute Gasteiger partial charge is 0.115 e. The maximum atomic E-state index is 6.15. The topological polar surface area (TPSA) is 0 Å². The fourth-order valence-electron chi connectivity index (χ4n) is 1.66. The van der Waals surface area contributed by atoms with Crippen molar-refractivity contribution in [1.29, 1.82) is 0 Å². The van der Waals surface area contributed by atoms with Gasteiger partial charge in [0.1, 0.15) is 0 Å². The molecule has 62 valence electrons. The molecule has 3 heteroatoms. The Balaban J connectivity index is 2.26. The Bertz CT molecular complexity index is 189. The van der Waals surface area contributed by atoms with Crippen LogP contribution in [0.3, 0.4) is 0 Å². The highest BCUT2D eigenvalue weighted by atomic mass is 35.5. The van der Waals surface area contributed by atoms with Crippen LogP contribution in [-0.4, -0.2) is 8.92 Å². The molecule has 2 unspecified atom stereocenters. The predicted octanol–water partition coefficient (Wildman–Crippen LogP) is 3.59. The first-order valence-electron chi connectivity index (χ1n) is 3.92. The molecule has 1 fully saturated rings. The summed E-state index contributed by atoms with van der Waals surface area (Å²) in [5.41, 5.74) is 0.